The van der Waals surface area contributed by atoms with Crippen LogP contribution in [0.3, 0.4) is 0 Å². The third-order valence-electron chi connectivity index (χ3n) is 3.75. The molecule has 1 aliphatic heterocycles. The molecule has 1 fully saturated rings. The maximum Gasteiger partial charge on any atom is 0.239 e. The van der Waals surface area contributed by atoms with E-state index in [1.165, 1.54) is 0 Å². The lowest BCUT2D eigenvalue weighted by molar-refractivity contribution is -0.137. The van der Waals surface area contributed by atoms with Crippen molar-refractivity contribution in [2.24, 2.45) is 0 Å². The number of hydrogen-bond acceptors (Lipinski definition) is 4. The number of hydrogen-bond donors (Lipinski definition) is 2. The lowest BCUT2D eigenvalue weighted by Gasteiger charge is -2.38. The Kier molecular flexibility index (Phi) is 7.11. The van der Waals surface area contributed by atoms with Crippen molar-refractivity contribution in [3.63, 3.8) is 0 Å². The van der Waals surface area contributed by atoms with Gasteiger partial charge in [0, 0.05) is 37.8 Å². The molecule has 1 saturated heterocycles. The van der Waals surface area contributed by atoms with Crippen molar-refractivity contribution >= 4 is 11.8 Å². The van der Waals surface area contributed by atoms with Crippen molar-refractivity contribution in [1.82, 2.24) is 20.4 Å². The van der Waals surface area contributed by atoms with E-state index in [1.54, 1.807) is 4.90 Å². The summed E-state index contributed by atoms with van der Waals surface area (Å²) in [4.78, 5) is 28.0. The van der Waals surface area contributed by atoms with Gasteiger partial charge >= 0.3 is 0 Å². The molecule has 1 rings (SSSR count). The summed E-state index contributed by atoms with van der Waals surface area (Å²) in [7, 11) is 0. The van der Waals surface area contributed by atoms with Gasteiger partial charge in [-0.1, -0.05) is 0 Å². The molecular formula is C15H30N4O2. The molecule has 6 nitrogen and oxygen atoms in total. The fourth-order valence-corrected chi connectivity index (χ4v) is 2.51. The molecule has 2 amide bonds. The fraction of sp³-hybridized carbons (Fsp3) is 0.867. The average Bonchev–Trinajstić information content (AvgIpc) is 2.39. The van der Waals surface area contributed by atoms with Crippen molar-refractivity contribution in [1.29, 1.82) is 0 Å². The summed E-state index contributed by atoms with van der Waals surface area (Å²) >= 11 is 0. The van der Waals surface area contributed by atoms with E-state index in [0.717, 1.165) is 13.1 Å². The van der Waals surface area contributed by atoms with E-state index in [-0.39, 0.29) is 24.4 Å². The lowest BCUT2D eigenvalue weighted by Crippen LogP contribution is -2.57. The summed E-state index contributed by atoms with van der Waals surface area (Å²) in [6.07, 6.45) is 0. The van der Waals surface area contributed by atoms with Gasteiger partial charge in [-0.2, -0.15) is 0 Å². The van der Waals surface area contributed by atoms with Gasteiger partial charge in [-0.15, -0.1) is 0 Å². The van der Waals surface area contributed by atoms with Gasteiger partial charge in [0.2, 0.25) is 11.8 Å². The van der Waals surface area contributed by atoms with Gasteiger partial charge in [-0.05, 0) is 34.6 Å². The zero-order chi connectivity index (χ0) is 16.0. The molecule has 1 aliphatic rings. The largest absolute Gasteiger partial charge is 0.352 e. The first kappa shape index (κ1) is 17.9. The Labute approximate surface area is 128 Å². The molecule has 21 heavy (non-hydrogen) atoms. The van der Waals surface area contributed by atoms with Gasteiger partial charge < -0.3 is 15.5 Å². The number of piperazine rings is 1. The van der Waals surface area contributed by atoms with Crippen molar-refractivity contribution in [2.45, 2.75) is 52.7 Å². The Hall–Kier alpha value is -1.14. The Morgan fingerprint density at radius 2 is 2.05 bits per heavy atom. The smallest absolute Gasteiger partial charge is 0.239 e. The molecule has 0 aromatic carbocycles. The highest BCUT2D eigenvalue weighted by molar-refractivity contribution is 5.85. The van der Waals surface area contributed by atoms with Crippen LogP contribution in [0.5, 0.6) is 0 Å². The molecule has 6 heteroatoms. The molecule has 0 aliphatic carbocycles. The van der Waals surface area contributed by atoms with Crippen LogP contribution in [0.2, 0.25) is 0 Å². The molecule has 2 atom stereocenters. The third-order valence-corrected chi connectivity index (χ3v) is 3.75. The molecular weight excluding hydrogens is 268 g/mol. The molecule has 0 aromatic heterocycles. The number of amides is 2. The van der Waals surface area contributed by atoms with E-state index in [4.69, 9.17) is 0 Å². The summed E-state index contributed by atoms with van der Waals surface area (Å²) in [6, 6.07) is 0.835. The van der Waals surface area contributed by atoms with Crippen LogP contribution < -0.4 is 10.6 Å². The van der Waals surface area contributed by atoms with Crippen LogP contribution in [0.25, 0.3) is 0 Å². The Morgan fingerprint density at radius 3 is 2.62 bits per heavy atom. The van der Waals surface area contributed by atoms with Gasteiger partial charge in [-0.3, -0.25) is 14.5 Å². The number of carbonyl (C=O) groups excluding carboxylic acids is 2. The van der Waals surface area contributed by atoms with Crippen LogP contribution in [0.4, 0.5) is 0 Å². The minimum atomic E-state index is -0.0954. The Balaban J connectivity index is 2.52. The quantitative estimate of drug-likeness (QED) is 0.727. The maximum absolute atomic E-state index is 12.4. The van der Waals surface area contributed by atoms with Gasteiger partial charge in [0.05, 0.1) is 13.1 Å². The summed E-state index contributed by atoms with van der Waals surface area (Å²) in [5, 5.41) is 6.23. The second kappa shape index (κ2) is 8.34. The number of carbonyl (C=O) groups is 2. The van der Waals surface area contributed by atoms with Crippen molar-refractivity contribution in [2.75, 3.05) is 32.7 Å². The molecule has 122 valence electrons. The third kappa shape index (κ3) is 6.01. The van der Waals surface area contributed by atoms with Crippen LogP contribution in [-0.2, 0) is 9.59 Å². The highest BCUT2D eigenvalue weighted by Gasteiger charge is 2.26. The zero-order valence-electron chi connectivity index (χ0n) is 14.0. The van der Waals surface area contributed by atoms with Crippen LogP contribution in [-0.4, -0.2) is 72.5 Å². The molecule has 0 spiro atoms. The highest BCUT2D eigenvalue weighted by atomic mass is 16.2. The number of rotatable bonds is 6. The van der Waals surface area contributed by atoms with E-state index in [9.17, 15) is 9.59 Å². The monoisotopic (exact) mass is 298 g/mol. The van der Waals surface area contributed by atoms with Crippen molar-refractivity contribution in [3.8, 4) is 0 Å². The van der Waals surface area contributed by atoms with E-state index < -0.39 is 0 Å². The normalized spacial score (nSPS) is 23.1. The summed E-state index contributed by atoms with van der Waals surface area (Å²) in [6.45, 7) is 12.8. The molecule has 0 radical (unpaired) electrons. The van der Waals surface area contributed by atoms with Crippen LogP contribution in [0, 0.1) is 0 Å². The Morgan fingerprint density at radius 1 is 1.38 bits per heavy atom. The van der Waals surface area contributed by atoms with Gasteiger partial charge in [-0.25, -0.2) is 0 Å². The minimum absolute atomic E-state index is 0.0253. The summed E-state index contributed by atoms with van der Waals surface area (Å²) in [5.74, 6) is -0.0701. The second-order valence-corrected chi connectivity index (χ2v) is 6.22. The molecule has 2 N–H and O–H groups in total. The summed E-state index contributed by atoms with van der Waals surface area (Å²) in [5.41, 5.74) is 0. The van der Waals surface area contributed by atoms with E-state index in [0.29, 0.717) is 25.2 Å². The first-order chi connectivity index (χ1) is 9.83. The molecule has 1 heterocycles. The molecule has 0 bridgehead atoms. The average molecular weight is 298 g/mol. The van der Waals surface area contributed by atoms with Crippen LogP contribution in [0.15, 0.2) is 0 Å². The minimum Gasteiger partial charge on any atom is -0.352 e. The fourth-order valence-electron chi connectivity index (χ4n) is 2.51. The van der Waals surface area contributed by atoms with Gasteiger partial charge in [0.1, 0.15) is 0 Å². The summed E-state index contributed by atoms with van der Waals surface area (Å²) < 4.78 is 0. The number of nitrogens with zero attached hydrogens (tertiary/aromatic N) is 2. The van der Waals surface area contributed by atoms with E-state index in [2.05, 4.69) is 29.4 Å². The predicted molar refractivity (Wildman–Crippen MR) is 84.0 cm³/mol. The molecule has 0 saturated carbocycles. The van der Waals surface area contributed by atoms with Crippen LogP contribution >= 0.6 is 0 Å². The first-order valence-electron chi connectivity index (χ1n) is 7.88. The van der Waals surface area contributed by atoms with Crippen LogP contribution in [0.1, 0.15) is 34.6 Å². The van der Waals surface area contributed by atoms with Crippen molar-refractivity contribution < 1.29 is 9.59 Å². The van der Waals surface area contributed by atoms with Gasteiger partial charge in [0.15, 0.2) is 0 Å². The van der Waals surface area contributed by atoms with Crippen molar-refractivity contribution in [3.05, 3.63) is 0 Å². The molecule has 2 unspecified atom stereocenters. The topological polar surface area (TPSA) is 64.7 Å². The Bertz CT molecular complexity index is 360. The zero-order valence-corrected chi connectivity index (χ0v) is 14.0. The molecule has 0 aromatic rings. The number of nitrogens with one attached hydrogen (secondary N) is 2. The second-order valence-electron chi connectivity index (χ2n) is 6.22. The highest BCUT2D eigenvalue weighted by Crippen LogP contribution is 2.07. The first-order valence-corrected chi connectivity index (χ1v) is 7.88. The maximum atomic E-state index is 12.4. The standard InChI is InChI=1S/C15H30N4O2/c1-6-18(9-14(20)17-11(2)3)15(21)10-19-8-12(4)16-7-13(19)5/h11-13,16H,6-10H2,1-5H3,(H,17,20). The van der Waals surface area contributed by atoms with Gasteiger partial charge in [0.25, 0.3) is 0 Å². The lowest BCUT2D eigenvalue weighted by atomic mass is 10.1. The predicted octanol–water partition coefficient (Wildman–Crippen LogP) is 0.0417. The number of likely N-dealkylation sites (N-methyl/N-ethyl adjacent to an activating group) is 1. The van der Waals surface area contributed by atoms with E-state index >= 15 is 0 Å². The van der Waals surface area contributed by atoms with E-state index in [1.807, 2.05) is 20.8 Å². The SMILES string of the molecule is CCN(CC(=O)NC(C)C)C(=O)CN1CC(C)NCC1C.